The van der Waals surface area contributed by atoms with E-state index in [1.54, 1.807) is 0 Å². The van der Waals surface area contributed by atoms with Crippen molar-refractivity contribution in [2.75, 3.05) is 19.9 Å². The molecule has 1 heterocycles. The first-order valence-electron chi connectivity index (χ1n) is 4.35. The standard InChI is InChI=1S/C5H8O4.C3H7NO/c6-4(7)2-1-3-5(8)9;1-2-5-3-4-1/h1-3H2,(H,6,7)(H,8,9);4H,1-3H2. The highest BCUT2D eigenvalue weighted by Gasteiger charge is 1.99. The highest BCUT2D eigenvalue weighted by atomic mass is 16.5. The Bertz CT molecular complexity index is 157. The number of carbonyl (C=O) groups is 2. The Morgan fingerprint density at radius 1 is 1.21 bits per heavy atom. The van der Waals surface area contributed by atoms with Crippen LogP contribution in [0.1, 0.15) is 19.3 Å². The Kier molecular flexibility index (Phi) is 7.77. The molecule has 6 nitrogen and oxygen atoms in total. The predicted octanol–water partition coefficient (Wildman–Crippen LogP) is -0.110. The molecule has 0 spiro atoms. The van der Waals surface area contributed by atoms with Gasteiger partial charge in [-0.1, -0.05) is 0 Å². The fourth-order valence-corrected chi connectivity index (χ4v) is 0.752. The summed E-state index contributed by atoms with van der Waals surface area (Å²) in [5, 5.41) is 19.1. The molecule has 0 saturated carbocycles. The largest absolute Gasteiger partial charge is 0.481 e. The van der Waals surface area contributed by atoms with Crippen LogP contribution in [0, 0.1) is 0 Å². The molecular formula is C8H15NO5. The number of carboxylic acid groups (broad SMARTS) is 2. The van der Waals surface area contributed by atoms with Gasteiger partial charge in [0.15, 0.2) is 0 Å². The van der Waals surface area contributed by atoms with Crippen LogP contribution in [0.2, 0.25) is 0 Å². The van der Waals surface area contributed by atoms with Crippen LogP contribution in [-0.2, 0) is 14.3 Å². The lowest BCUT2D eigenvalue weighted by atomic mass is 10.2. The average molecular weight is 205 g/mol. The number of hydrogen-bond acceptors (Lipinski definition) is 4. The molecule has 0 unspecified atom stereocenters. The van der Waals surface area contributed by atoms with Crippen LogP contribution in [0.4, 0.5) is 0 Å². The third-order valence-electron chi connectivity index (χ3n) is 1.41. The van der Waals surface area contributed by atoms with Crippen LogP contribution >= 0.6 is 0 Å². The minimum Gasteiger partial charge on any atom is -0.481 e. The lowest BCUT2D eigenvalue weighted by molar-refractivity contribution is -0.138. The van der Waals surface area contributed by atoms with E-state index >= 15 is 0 Å². The fraction of sp³-hybridized carbons (Fsp3) is 0.750. The van der Waals surface area contributed by atoms with Gasteiger partial charge in [0, 0.05) is 19.4 Å². The van der Waals surface area contributed by atoms with Gasteiger partial charge in [0.05, 0.1) is 13.3 Å². The minimum absolute atomic E-state index is 0.0632. The molecule has 0 bridgehead atoms. The van der Waals surface area contributed by atoms with Crippen LogP contribution in [0.25, 0.3) is 0 Å². The molecular weight excluding hydrogens is 190 g/mol. The summed E-state index contributed by atoms with van der Waals surface area (Å²) < 4.78 is 4.83. The Morgan fingerprint density at radius 2 is 1.79 bits per heavy atom. The van der Waals surface area contributed by atoms with Crippen molar-refractivity contribution in [3.05, 3.63) is 0 Å². The number of ether oxygens (including phenoxy) is 1. The molecule has 14 heavy (non-hydrogen) atoms. The van der Waals surface area contributed by atoms with Gasteiger partial charge in [-0.05, 0) is 6.42 Å². The summed E-state index contributed by atoms with van der Waals surface area (Å²) >= 11 is 0. The molecule has 0 amide bonds. The zero-order chi connectivity index (χ0) is 10.8. The van der Waals surface area contributed by atoms with E-state index in [0.717, 1.165) is 19.9 Å². The van der Waals surface area contributed by atoms with Crippen molar-refractivity contribution in [2.45, 2.75) is 19.3 Å². The number of hydrogen-bond donors (Lipinski definition) is 3. The van der Waals surface area contributed by atoms with E-state index in [1.807, 2.05) is 0 Å². The summed E-state index contributed by atoms with van der Waals surface area (Å²) in [7, 11) is 0. The molecule has 82 valence electrons. The van der Waals surface area contributed by atoms with Gasteiger partial charge in [-0.25, -0.2) is 0 Å². The van der Waals surface area contributed by atoms with Gasteiger partial charge >= 0.3 is 11.9 Å². The van der Waals surface area contributed by atoms with E-state index in [2.05, 4.69) is 5.32 Å². The zero-order valence-electron chi connectivity index (χ0n) is 7.86. The van der Waals surface area contributed by atoms with E-state index in [4.69, 9.17) is 14.9 Å². The first-order chi connectivity index (χ1) is 6.63. The molecule has 1 fully saturated rings. The summed E-state index contributed by atoms with van der Waals surface area (Å²) in [6.45, 7) is 2.67. The van der Waals surface area contributed by atoms with Gasteiger partial charge in [0.2, 0.25) is 0 Å². The van der Waals surface area contributed by atoms with Gasteiger partial charge in [0.1, 0.15) is 0 Å². The normalized spacial score (nSPS) is 14.3. The summed E-state index contributed by atoms with van der Waals surface area (Å²) in [6, 6.07) is 0. The van der Waals surface area contributed by atoms with Crippen molar-refractivity contribution in [2.24, 2.45) is 0 Å². The van der Waals surface area contributed by atoms with E-state index < -0.39 is 11.9 Å². The van der Waals surface area contributed by atoms with Gasteiger partial charge in [-0.3, -0.25) is 14.9 Å². The third kappa shape index (κ3) is 10.9. The van der Waals surface area contributed by atoms with Crippen molar-refractivity contribution in [3.63, 3.8) is 0 Å². The van der Waals surface area contributed by atoms with Crippen LogP contribution in [0.3, 0.4) is 0 Å². The lowest BCUT2D eigenvalue weighted by Gasteiger charge is -1.89. The van der Waals surface area contributed by atoms with Crippen LogP contribution in [0.5, 0.6) is 0 Å². The molecule has 0 aromatic heterocycles. The molecule has 1 rings (SSSR count). The van der Waals surface area contributed by atoms with E-state index in [-0.39, 0.29) is 19.3 Å². The number of carboxylic acids is 2. The quantitative estimate of drug-likeness (QED) is 0.592. The lowest BCUT2D eigenvalue weighted by Crippen LogP contribution is -2.05. The maximum absolute atomic E-state index is 9.79. The zero-order valence-corrected chi connectivity index (χ0v) is 7.86. The topological polar surface area (TPSA) is 95.9 Å². The predicted molar refractivity (Wildman–Crippen MR) is 47.9 cm³/mol. The van der Waals surface area contributed by atoms with Crippen molar-refractivity contribution >= 4 is 11.9 Å². The van der Waals surface area contributed by atoms with Gasteiger partial charge in [-0.15, -0.1) is 0 Å². The molecule has 6 heteroatoms. The summed E-state index contributed by atoms with van der Waals surface area (Å²) in [5.74, 6) is -1.90. The van der Waals surface area contributed by atoms with E-state index in [1.165, 1.54) is 0 Å². The Balaban J connectivity index is 0.000000280. The Morgan fingerprint density at radius 3 is 2.00 bits per heavy atom. The van der Waals surface area contributed by atoms with Gasteiger partial charge < -0.3 is 14.9 Å². The van der Waals surface area contributed by atoms with Crippen molar-refractivity contribution in [1.29, 1.82) is 0 Å². The monoisotopic (exact) mass is 205 g/mol. The molecule has 1 saturated heterocycles. The average Bonchev–Trinajstić information content (AvgIpc) is 2.58. The maximum Gasteiger partial charge on any atom is 0.303 e. The number of nitrogens with one attached hydrogen (secondary N) is 1. The Labute approximate surface area is 81.9 Å². The second kappa shape index (κ2) is 8.46. The second-order valence-corrected chi connectivity index (χ2v) is 2.69. The SMILES string of the molecule is C1COCN1.O=C(O)CCCC(=O)O. The number of rotatable bonds is 4. The second-order valence-electron chi connectivity index (χ2n) is 2.69. The highest BCUT2D eigenvalue weighted by molar-refractivity contribution is 5.69. The summed E-state index contributed by atoms with van der Waals surface area (Å²) in [6.07, 6.45) is 0.0866. The summed E-state index contributed by atoms with van der Waals surface area (Å²) in [4.78, 5) is 19.6. The number of aliphatic carboxylic acids is 2. The smallest absolute Gasteiger partial charge is 0.303 e. The first-order valence-corrected chi connectivity index (χ1v) is 4.35. The highest BCUT2D eigenvalue weighted by Crippen LogP contribution is 1.93. The summed E-state index contributed by atoms with van der Waals surface area (Å²) in [5.41, 5.74) is 0. The molecule has 0 atom stereocenters. The molecule has 3 N–H and O–H groups in total. The molecule has 0 aromatic rings. The molecule has 1 aliphatic rings. The molecule has 0 aliphatic carbocycles. The molecule has 0 aromatic carbocycles. The van der Waals surface area contributed by atoms with Crippen molar-refractivity contribution < 1.29 is 24.5 Å². The van der Waals surface area contributed by atoms with Crippen LogP contribution in [0.15, 0.2) is 0 Å². The van der Waals surface area contributed by atoms with E-state index in [0.29, 0.717) is 0 Å². The van der Waals surface area contributed by atoms with E-state index in [9.17, 15) is 9.59 Å². The first kappa shape index (κ1) is 12.9. The third-order valence-corrected chi connectivity index (χ3v) is 1.41. The minimum atomic E-state index is -0.948. The van der Waals surface area contributed by atoms with Crippen molar-refractivity contribution in [3.8, 4) is 0 Å². The fourth-order valence-electron chi connectivity index (χ4n) is 0.752. The molecule has 0 radical (unpaired) electrons. The van der Waals surface area contributed by atoms with Crippen LogP contribution < -0.4 is 5.32 Å². The van der Waals surface area contributed by atoms with Crippen molar-refractivity contribution in [1.82, 2.24) is 5.32 Å². The van der Waals surface area contributed by atoms with Gasteiger partial charge in [-0.2, -0.15) is 0 Å². The maximum atomic E-state index is 9.79. The van der Waals surface area contributed by atoms with Gasteiger partial charge in [0.25, 0.3) is 0 Å². The molecule has 1 aliphatic heterocycles. The Hall–Kier alpha value is -1.14. The van der Waals surface area contributed by atoms with Crippen LogP contribution in [-0.4, -0.2) is 42.0 Å².